The van der Waals surface area contributed by atoms with E-state index in [9.17, 15) is 4.79 Å². The van der Waals surface area contributed by atoms with Crippen molar-refractivity contribution in [2.75, 3.05) is 5.75 Å². The fourth-order valence-electron chi connectivity index (χ4n) is 1.06. The summed E-state index contributed by atoms with van der Waals surface area (Å²) in [7, 11) is 0. The third-order valence-electron chi connectivity index (χ3n) is 2.06. The second-order valence-corrected chi connectivity index (χ2v) is 4.13. The van der Waals surface area contributed by atoms with Crippen molar-refractivity contribution in [1.29, 1.82) is 0 Å². The van der Waals surface area contributed by atoms with Gasteiger partial charge in [-0.15, -0.1) is 0 Å². The quantitative estimate of drug-likeness (QED) is 0.594. The van der Waals surface area contributed by atoms with Crippen LogP contribution in [0, 0.1) is 5.92 Å². The predicted molar refractivity (Wildman–Crippen MR) is 56.4 cm³/mol. The Morgan fingerprint density at radius 1 is 1.25 bits per heavy atom. The van der Waals surface area contributed by atoms with Crippen LogP contribution in [0.25, 0.3) is 0 Å². The molecule has 0 N–H and O–H groups in total. The zero-order valence-electron chi connectivity index (χ0n) is 8.43. The molecule has 0 saturated carbocycles. The van der Waals surface area contributed by atoms with Gasteiger partial charge in [0.15, 0.2) is 5.12 Å². The molecule has 1 nitrogen and oxygen atoms in total. The van der Waals surface area contributed by atoms with E-state index in [0.29, 0.717) is 11.0 Å². The van der Waals surface area contributed by atoms with E-state index in [1.807, 2.05) is 0 Å². The van der Waals surface area contributed by atoms with E-state index >= 15 is 0 Å². The van der Waals surface area contributed by atoms with Crippen LogP contribution in [0.5, 0.6) is 0 Å². The molecule has 0 amide bonds. The van der Waals surface area contributed by atoms with Gasteiger partial charge >= 0.3 is 0 Å². The minimum atomic E-state index is 0.298. The summed E-state index contributed by atoms with van der Waals surface area (Å²) in [5.74, 6) is 1.30. The first kappa shape index (κ1) is 12.0. The van der Waals surface area contributed by atoms with Crippen LogP contribution in [0.15, 0.2) is 0 Å². The number of thioether (sulfide) groups is 1. The van der Waals surface area contributed by atoms with Crippen molar-refractivity contribution in [3.8, 4) is 0 Å². The van der Waals surface area contributed by atoms with E-state index in [0.717, 1.165) is 25.0 Å². The summed E-state index contributed by atoms with van der Waals surface area (Å²) in [5.41, 5.74) is 0. The lowest BCUT2D eigenvalue weighted by Gasteiger charge is -2.09. The van der Waals surface area contributed by atoms with E-state index in [4.69, 9.17) is 0 Å². The smallest absolute Gasteiger partial charge is 0.191 e. The van der Waals surface area contributed by atoms with E-state index in [-0.39, 0.29) is 0 Å². The topological polar surface area (TPSA) is 17.1 Å². The van der Waals surface area contributed by atoms with Crippen molar-refractivity contribution >= 4 is 16.9 Å². The van der Waals surface area contributed by atoms with Crippen molar-refractivity contribution in [2.45, 2.75) is 46.5 Å². The molecule has 2 heteroatoms. The molecule has 0 rings (SSSR count). The fourth-order valence-corrected chi connectivity index (χ4v) is 2.26. The van der Waals surface area contributed by atoms with Gasteiger partial charge in [0.25, 0.3) is 0 Å². The molecule has 0 heterocycles. The Bertz CT molecular complexity index is 119. The number of hydrogen-bond donors (Lipinski definition) is 0. The first-order valence-corrected chi connectivity index (χ1v) is 5.91. The van der Waals surface area contributed by atoms with Crippen molar-refractivity contribution in [3.05, 3.63) is 0 Å². The zero-order chi connectivity index (χ0) is 9.40. The summed E-state index contributed by atoms with van der Waals surface area (Å²) in [4.78, 5) is 11.4. The lowest BCUT2D eigenvalue weighted by Crippen LogP contribution is -2.08. The molecular weight excluding hydrogens is 168 g/mol. The molecule has 0 fully saturated rings. The van der Waals surface area contributed by atoms with Crippen LogP contribution in [0.4, 0.5) is 0 Å². The third kappa shape index (κ3) is 4.81. The summed E-state index contributed by atoms with van der Waals surface area (Å²) in [6.45, 7) is 6.33. The van der Waals surface area contributed by atoms with Gasteiger partial charge in [0.05, 0.1) is 0 Å². The number of rotatable bonds is 6. The highest BCUT2D eigenvalue weighted by atomic mass is 32.2. The highest BCUT2D eigenvalue weighted by Crippen LogP contribution is 2.18. The first-order valence-electron chi connectivity index (χ1n) is 4.92. The van der Waals surface area contributed by atoms with Gasteiger partial charge in [0.2, 0.25) is 0 Å². The largest absolute Gasteiger partial charge is 0.287 e. The maximum atomic E-state index is 11.4. The number of hydrogen-bond acceptors (Lipinski definition) is 2. The van der Waals surface area contributed by atoms with Crippen molar-refractivity contribution in [1.82, 2.24) is 0 Å². The van der Waals surface area contributed by atoms with Gasteiger partial charge in [-0.3, -0.25) is 4.79 Å². The molecule has 0 aliphatic rings. The minimum Gasteiger partial charge on any atom is -0.287 e. The van der Waals surface area contributed by atoms with Crippen molar-refractivity contribution in [3.63, 3.8) is 0 Å². The molecule has 0 aromatic carbocycles. The first-order chi connectivity index (χ1) is 5.76. The number of carbonyl (C=O) groups excluding carboxylic acids is 1. The lowest BCUT2D eigenvalue weighted by molar-refractivity contribution is -0.114. The Hall–Kier alpha value is 0.0200. The summed E-state index contributed by atoms with van der Waals surface area (Å²) >= 11 is 1.52. The molecule has 0 spiro atoms. The monoisotopic (exact) mass is 188 g/mol. The summed E-state index contributed by atoms with van der Waals surface area (Å²) in [5, 5.41) is 0.397. The standard InChI is InChI=1S/C10H20OS/c1-4-7-8-12-10(11)9(5-2)6-3/h9H,4-8H2,1-3H3. The van der Waals surface area contributed by atoms with E-state index < -0.39 is 0 Å². The number of unbranched alkanes of at least 4 members (excludes halogenated alkanes) is 1. The van der Waals surface area contributed by atoms with Crippen LogP contribution in [0.1, 0.15) is 46.5 Å². The molecule has 0 atom stereocenters. The zero-order valence-corrected chi connectivity index (χ0v) is 9.25. The molecule has 0 aromatic heterocycles. The molecule has 0 bridgehead atoms. The minimum absolute atomic E-state index is 0.298. The molecular formula is C10H20OS. The summed E-state index contributed by atoms with van der Waals surface area (Å²) in [6.07, 6.45) is 4.34. The Morgan fingerprint density at radius 3 is 2.25 bits per heavy atom. The van der Waals surface area contributed by atoms with Crippen molar-refractivity contribution < 1.29 is 4.79 Å². The average molecular weight is 188 g/mol. The highest BCUT2D eigenvalue weighted by Gasteiger charge is 2.13. The van der Waals surface area contributed by atoms with Crippen LogP contribution >= 0.6 is 11.8 Å². The fraction of sp³-hybridized carbons (Fsp3) is 0.900. The second-order valence-electron chi connectivity index (χ2n) is 3.03. The van der Waals surface area contributed by atoms with E-state index in [2.05, 4.69) is 20.8 Å². The third-order valence-corrected chi connectivity index (χ3v) is 3.17. The summed E-state index contributed by atoms with van der Waals surface area (Å²) < 4.78 is 0. The van der Waals surface area contributed by atoms with Crippen LogP contribution in [-0.4, -0.2) is 10.9 Å². The molecule has 72 valence electrons. The van der Waals surface area contributed by atoms with Gasteiger partial charge in [-0.1, -0.05) is 39.0 Å². The van der Waals surface area contributed by atoms with Gasteiger partial charge in [-0.05, 0) is 19.3 Å². The Kier molecular flexibility index (Phi) is 7.67. The van der Waals surface area contributed by atoms with Gasteiger partial charge in [-0.2, -0.15) is 0 Å². The second kappa shape index (κ2) is 7.66. The van der Waals surface area contributed by atoms with Gasteiger partial charge in [-0.25, -0.2) is 0 Å². The molecule has 12 heavy (non-hydrogen) atoms. The normalized spacial score (nSPS) is 10.7. The SMILES string of the molecule is CCCCSC(=O)C(CC)CC. The Morgan fingerprint density at radius 2 is 1.83 bits per heavy atom. The molecule has 0 aromatic rings. The lowest BCUT2D eigenvalue weighted by atomic mass is 10.1. The van der Waals surface area contributed by atoms with Crippen LogP contribution < -0.4 is 0 Å². The molecule has 0 radical (unpaired) electrons. The van der Waals surface area contributed by atoms with Gasteiger partial charge in [0, 0.05) is 11.7 Å². The number of carbonyl (C=O) groups is 1. The molecule has 0 unspecified atom stereocenters. The van der Waals surface area contributed by atoms with E-state index in [1.54, 1.807) is 0 Å². The predicted octanol–water partition coefficient (Wildman–Crippen LogP) is 3.48. The van der Waals surface area contributed by atoms with E-state index in [1.165, 1.54) is 18.2 Å². The Balaban J connectivity index is 3.54. The average Bonchev–Trinajstić information content (AvgIpc) is 2.07. The summed E-state index contributed by atoms with van der Waals surface area (Å²) in [6, 6.07) is 0. The van der Waals surface area contributed by atoms with Gasteiger partial charge < -0.3 is 0 Å². The van der Waals surface area contributed by atoms with Crippen LogP contribution in [0.3, 0.4) is 0 Å². The Labute approximate surface area is 80.3 Å². The van der Waals surface area contributed by atoms with Crippen molar-refractivity contribution in [2.24, 2.45) is 5.92 Å². The van der Waals surface area contributed by atoms with Crippen LogP contribution in [-0.2, 0) is 4.79 Å². The molecule has 0 saturated heterocycles. The van der Waals surface area contributed by atoms with Gasteiger partial charge in [0.1, 0.15) is 0 Å². The maximum Gasteiger partial charge on any atom is 0.191 e. The van der Waals surface area contributed by atoms with Crippen LogP contribution in [0.2, 0.25) is 0 Å². The molecule has 0 aliphatic carbocycles. The highest BCUT2D eigenvalue weighted by molar-refractivity contribution is 8.13. The maximum absolute atomic E-state index is 11.4. The molecule has 0 aliphatic heterocycles.